The second-order valence-corrected chi connectivity index (χ2v) is 8.20. The average molecular weight is 271 g/mol. The first-order valence-corrected chi connectivity index (χ1v) is 8.05. The van der Waals surface area contributed by atoms with Gasteiger partial charge in [0.05, 0.1) is 23.5 Å². The number of rotatable bonds is 3. The molecule has 0 aliphatic carbocycles. The van der Waals surface area contributed by atoms with Crippen molar-refractivity contribution in [3.63, 3.8) is 0 Å². The van der Waals surface area contributed by atoms with Gasteiger partial charge in [0.1, 0.15) is 0 Å². The second kappa shape index (κ2) is 4.66. The maximum absolute atomic E-state index is 11.4. The minimum Gasteiger partial charge on any atom is -0.333 e. The molecule has 18 heavy (non-hydrogen) atoms. The molecule has 1 N–H and O–H groups in total. The van der Waals surface area contributed by atoms with E-state index in [9.17, 15) is 8.42 Å². The molecular formula is C12H21N3O2S. The molecule has 1 aliphatic heterocycles. The van der Waals surface area contributed by atoms with E-state index in [1.807, 2.05) is 10.8 Å². The Balaban J connectivity index is 1.99. The molecule has 2 rings (SSSR count). The Labute approximate surface area is 109 Å². The van der Waals surface area contributed by atoms with E-state index in [-0.39, 0.29) is 17.3 Å². The zero-order chi connectivity index (χ0) is 13.4. The summed E-state index contributed by atoms with van der Waals surface area (Å²) in [4.78, 5) is 4.32. The van der Waals surface area contributed by atoms with Crippen LogP contribution < -0.4 is 5.32 Å². The van der Waals surface area contributed by atoms with E-state index >= 15 is 0 Å². The molecule has 1 saturated heterocycles. The lowest BCUT2D eigenvalue weighted by Gasteiger charge is -2.19. The van der Waals surface area contributed by atoms with Gasteiger partial charge < -0.3 is 9.88 Å². The molecule has 0 saturated carbocycles. The highest BCUT2D eigenvalue weighted by molar-refractivity contribution is 7.91. The largest absolute Gasteiger partial charge is 0.333 e. The molecule has 2 heterocycles. The number of nitrogens with one attached hydrogen (secondary N) is 1. The number of nitrogens with zero attached hydrogens (tertiary/aromatic N) is 2. The first-order valence-electron chi connectivity index (χ1n) is 6.23. The van der Waals surface area contributed by atoms with Crippen molar-refractivity contribution in [3.05, 3.63) is 18.2 Å². The van der Waals surface area contributed by atoms with Crippen molar-refractivity contribution < 1.29 is 8.42 Å². The number of aromatic nitrogens is 2. The van der Waals surface area contributed by atoms with Gasteiger partial charge in [-0.3, -0.25) is 0 Å². The summed E-state index contributed by atoms with van der Waals surface area (Å²) in [6, 6.07) is 0.0610. The monoisotopic (exact) mass is 271 g/mol. The van der Waals surface area contributed by atoms with E-state index in [4.69, 9.17) is 0 Å². The predicted molar refractivity (Wildman–Crippen MR) is 71.1 cm³/mol. The van der Waals surface area contributed by atoms with E-state index in [1.54, 1.807) is 6.33 Å². The van der Waals surface area contributed by atoms with Crippen LogP contribution in [0.3, 0.4) is 0 Å². The van der Waals surface area contributed by atoms with Gasteiger partial charge in [0.2, 0.25) is 0 Å². The number of hydrogen-bond acceptors (Lipinski definition) is 4. The molecule has 1 aliphatic rings. The van der Waals surface area contributed by atoms with E-state index < -0.39 is 9.84 Å². The van der Waals surface area contributed by atoms with Gasteiger partial charge in [-0.25, -0.2) is 13.4 Å². The van der Waals surface area contributed by atoms with Gasteiger partial charge in [0.25, 0.3) is 0 Å². The van der Waals surface area contributed by atoms with Crippen LogP contribution in [0.5, 0.6) is 0 Å². The SMILES string of the molecule is CC(C)(C)NCc1cn(C2CCS(=O)(=O)C2)cn1. The van der Waals surface area contributed by atoms with Crippen LogP contribution in [0.4, 0.5) is 0 Å². The van der Waals surface area contributed by atoms with Crippen LogP contribution >= 0.6 is 0 Å². The molecule has 0 radical (unpaired) electrons. The van der Waals surface area contributed by atoms with Crippen molar-refractivity contribution in [1.82, 2.24) is 14.9 Å². The highest BCUT2D eigenvalue weighted by Gasteiger charge is 2.29. The van der Waals surface area contributed by atoms with Gasteiger partial charge in [-0.15, -0.1) is 0 Å². The van der Waals surface area contributed by atoms with Crippen molar-refractivity contribution in [2.75, 3.05) is 11.5 Å². The van der Waals surface area contributed by atoms with Crippen molar-refractivity contribution in [2.24, 2.45) is 0 Å². The molecule has 102 valence electrons. The van der Waals surface area contributed by atoms with Gasteiger partial charge in [-0.05, 0) is 27.2 Å². The Hall–Kier alpha value is -0.880. The molecule has 1 aromatic heterocycles. The van der Waals surface area contributed by atoms with Crippen LogP contribution in [0, 0.1) is 0 Å². The smallest absolute Gasteiger partial charge is 0.152 e. The Bertz CT molecular complexity index is 514. The van der Waals surface area contributed by atoms with Crippen LogP contribution in [-0.2, 0) is 16.4 Å². The Morgan fingerprint density at radius 3 is 2.78 bits per heavy atom. The van der Waals surface area contributed by atoms with E-state index in [2.05, 4.69) is 31.1 Å². The lowest BCUT2D eigenvalue weighted by Crippen LogP contribution is -2.35. The molecule has 0 amide bonds. The molecule has 1 unspecified atom stereocenters. The zero-order valence-corrected chi connectivity index (χ0v) is 12.0. The fourth-order valence-electron chi connectivity index (χ4n) is 2.04. The molecular weight excluding hydrogens is 250 g/mol. The van der Waals surface area contributed by atoms with Crippen LogP contribution in [0.15, 0.2) is 12.5 Å². The fraction of sp³-hybridized carbons (Fsp3) is 0.750. The summed E-state index contributed by atoms with van der Waals surface area (Å²) in [5.41, 5.74) is 1.01. The summed E-state index contributed by atoms with van der Waals surface area (Å²) < 4.78 is 24.8. The molecule has 1 fully saturated rings. The van der Waals surface area contributed by atoms with Gasteiger partial charge in [0, 0.05) is 24.3 Å². The second-order valence-electron chi connectivity index (χ2n) is 5.97. The summed E-state index contributed by atoms with van der Waals surface area (Å²) in [5, 5.41) is 3.36. The lowest BCUT2D eigenvalue weighted by molar-refractivity contribution is 0.421. The lowest BCUT2D eigenvalue weighted by atomic mass is 10.1. The maximum Gasteiger partial charge on any atom is 0.152 e. The van der Waals surface area contributed by atoms with Crippen molar-refractivity contribution in [3.8, 4) is 0 Å². The molecule has 0 aromatic carbocycles. The quantitative estimate of drug-likeness (QED) is 0.895. The molecule has 0 spiro atoms. The Kier molecular flexibility index (Phi) is 3.51. The summed E-state index contributed by atoms with van der Waals surface area (Å²) in [6.07, 6.45) is 4.39. The van der Waals surface area contributed by atoms with Crippen LogP contribution in [0.25, 0.3) is 0 Å². The van der Waals surface area contributed by atoms with E-state index in [0.29, 0.717) is 18.7 Å². The minimum atomic E-state index is -2.83. The van der Waals surface area contributed by atoms with Crippen LogP contribution in [0.2, 0.25) is 0 Å². The normalized spacial score (nSPS) is 23.4. The first-order chi connectivity index (χ1) is 8.25. The topological polar surface area (TPSA) is 64.0 Å². The van der Waals surface area contributed by atoms with Crippen LogP contribution in [-0.4, -0.2) is 35.0 Å². The van der Waals surface area contributed by atoms with E-state index in [0.717, 1.165) is 5.69 Å². The van der Waals surface area contributed by atoms with Crippen LogP contribution in [0.1, 0.15) is 38.9 Å². The van der Waals surface area contributed by atoms with Gasteiger partial charge in [-0.2, -0.15) is 0 Å². The number of imidazole rings is 1. The summed E-state index contributed by atoms with van der Waals surface area (Å²) in [6.45, 7) is 7.02. The third kappa shape index (κ3) is 3.55. The number of sulfone groups is 1. The molecule has 1 atom stereocenters. The highest BCUT2D eigenvalue weighted by atomic mass is 32.2. The maximum atomic E-state index is 11.4. The average Bonchev–Trinajstić information content (AvgIpc) is 2.80. The van der Waals surface area contributed by atoms with Crippen molar-refractivity contribution in [2.45, 2.75) is 45.3 Å². The van der Waals surface area contributed by atoms with Crippen molar-refractivity contribution >= 4 is 9.84 Å². The first kappa shape index (κ1) is 13.5. The minimum absolute atomic E-state index is 0.0560. The van der Waals surface area contributed by atoms with Crippen molar-refractivity contribution in [1.29, 1.82) is 0 Å². The molecule has 1 aromatic rings. The predicted octanol–water partition coefficient (Wildman–Crippen LogP) is 1.13. The van der Waals surface area contributed by atoms with Gasteiger partial charge in [-0.1, -0.05) is 0 Å². The van der Waals surface area contributed by atoms with Gasteiger partial charge in [0.15, 0.2) is 9.84 Å². The standard InChI is InChI=1S/C12H21N3O2S/c1-12(2,3)14-6-10-7-15(9-13-10)11-4-5-18(16,17)8-11/h7,9,11,14H,4-6,8H2,1-3H3. The summed E-state index contributed by atoms with van der Waals surface area (Å²) in [5.74, 6) is 0.543. The zero-order valence-electron chi connectivity index (χ0n) is 11.2. The van der Waals surface area contributed by atoms with E-state index in [1.165, 1.54) is 0 Å². The Morgan fingerprint density at radius 1 is 1.50 bits per heavy atom. The summed E-state index contributed by atoms with van der Waals surface area (Å²) >= 11 is 0. The Morgan fingerprint density at radius 2 is 2.22 bits per heavy atom. The molecule has 0 bridgehead atoms. The van der Waals surface area contributed by atoms with Gasteiger partial charge >= 0.3 is 0 Å². The highest BCUT2D eigenvalue weighted by Crippen LogP contribution is 2.23. The third-order valence-electron chi connectivity index (χ3n) is 3.08. The fourth-order valence-corrected chi connectivity index (χ4v) is 3.76. The number of hydrogen-bond donors (Lipinski definition) is 1. The molecule has 5 nitrogen and oxygen atoms in total. The third-order valence-corrected chi connectivity index (χ3v) is 4.84. The summed E-state index contributed by atoms with van der Waals surface area (Å²) in [7, 11) is -2.83. The molecule has 6 heteroatoms.